The first-order valence-corrected chi connectivity index (χ1v) is 5.11. The van der Waals surface area contributed by atoms with Crippen molar-refractivity contribution in [1.29, 1.82) is 0 Å². The van der Waals surface area contributed by atoms with E-state index in [1.54, 1.807) is 23.7 Å². The van der Waals surface area contributed by atoms with E-state index in [0.29, 0.717) is 16.4 Å². The number of amides is 1. The van der Waals surface area contributed by atoms with Gasteiger partial charge in [-0.3, -0.25) is 9.89 Å². The molecule has 0 aliphatic heterocycles. The van der Waals surface area contributed by atoms with Crippen LogP contribution in [0.15, 0.2) is 23.7 Å². The van der Waals surface area contributed by atoms with Gasteiger partial charge in [-0.25, -0.2) is 0 Å². The highest BCUT2D eigenvalue weighted by atomic mass is 32.1. The van der Waals surface area contributed by atoms with Crippen LogP contribution < -0.4 is 10.1 Å². The maximum atomic E-state index is 11.7. The number of nitrogens with zero attached hydrogens (tertiary/aromatic N) is 1. The molecule has 2 rings (SSSR count). The number of hydrogen-bond donors (Lipinski definition) is 2. The Morgan fingerprint density at radius 2 is 2.47 bits per heavy atom. The Bertz CT molecular complexity index is 450. The molecule has 5 nitrogen and oxygen atoms in total. The van der Waals surface area contributed by atoms with Crippen molar-refractivity contribution in [3.8, 4) is 5.75 Å². The third-order valence-electron chi connectivity index (χ3n) is 1.80. The minimum Gasteiger partial charge on any atom is -0.495 e. The molecule has 0 aliphatic carbocycles. The summed E-state index contributed by atoms with van der Waals surface area (Å²) in [6.45, 7) is 0. The molecule has 0 fully saturated rings. The number of aromatic nitrogens is 2. The summed E-state index contributed by atoms with van der Waals surface area (Å²) < 4.78 is 5.05. The number of rotatable bonds is 3. The number of ether oxygens (including phenoxy) is 1. The van der Waals surface area contributed by atoms with E-state index in [9.17, 15) is 4.79 Å². The van der Waals surface area contributed by atoms with Gasteiger partial charge in [0, 0.05) is 6.07 Å². The predicted molar refractivity (Wildman–Crippen MR) is 57.4 cm³/mol. The fraction of sp³-hybridized carbons (Fsp3) is 0.111. The molecule has 15 heavy (non-hydrogen) atoms. The Kier molecular flexibility index (Phi) is 2.68. The summed E-state index contributed by atoms with van der Waals surface area (Å²) >= 11 is 1.33. The predicted octanol–water partition coefficient (Wildman–Crippen LogP) is 1.73. The van der Waals surface area contributed by atoms with Crippen LogP contribution in [0, 0.1) is 0 Å². The summed E-state index contributed by atoms with van der Waals surface area (Å²) in [4.78, 5) is 12.3. The molecule has 0 unspecified atom stereocenters. The van der Waals surface area contributed by atoms with Gasteiger partial charge in [0.2, 0.25) is 0 Å². The van der Waals surface area contributed by atoms with E-state index in [0.717, 1.165) is 0 Å². The fourth-order valence-electron chi connectivity index (χ4n) is 1.13. The lowest BCUT2D eigenvalue weighted by molar-refractivity contribution is 0.102. The molecule has 2 aromatic heterocycles. The molecule has 6 heteroatoms. The van der Waals surface area contributed by atoms with Crippen LogP contribution in [0.2, 0.25) is 0 Å². The zero-order chi connectivity index (χ0) is 10.7. The zero-order valence-electron chi connectivity index (χ0n) is 7.98. The number of nitrogens with one attached hydrogen (secondary N) is 2. The average molecular weight is 223 g/mol. The first-order valence-electron chi connectivity index (χ1n) is 4.23. The second-order valence-electron chi connectivity index (χ2n) is 2.74. The van der Waals surface area contributed by atoms with Crippen LogP contribution in [0.4, 0.5) is 5.82 Å². The standard InChI is InChI=1S/C9H9N3O2S/c1-14-6-3-5-15-8(6)9(13)11-7-2-4-10-12-7/h2-5H,1H3,(H2,10,11,12,13). The van der Waals surface area contributed by atoms with Crippen molar-refractivity contribution >= 4 is 23.1 Å². The summed E-state index contributed by atoms with van der Waals surface area (Å²) in [6.07, 6.45) is 1.57. The van der Waals surface area contributed by atoms with Crippen molar-refractivity contribution in [1.82, 2.24) is 10.2 Å². The van der Waals surface area contributed by atoms with E-state index in [1.807, 2.05) is 0 Å². The second kappa shape index (κ2) is 4.14. The van der Waals surface area contributed by atoms with Gasteiger partial charge in [-0.15, -0.1) is 11.3 Å². The van der Waals surface area contributed by atoms with Gasteiger partial charge in [-0.1, -0.05) is 0 Å². The molecule has 2 N–H and O–H groups in total. The number of H-pyrrole nitrogens is 1. The fourth-order valence-corrected chi connectivity index (χ4v) is 1.88. The van der Waals surface area contributed by atoms with Gasteiger partial charge < -0.3 is 10.1 Å². The van der Waals surface area contributed by atoms with Crippen molar-refractivity contribution < 1.29 is 9.53 Å². The number of anilines is 1. The largest absolute Gasteiger partial charge is 0.495 e. The van der Waals surface area contributed by atoms with Crippen LogP contribution in [0.5, 0.6) is 5.75 Å². The molecular formula is C9H9N3O2S. The van der Waals surface area contributed by atoms with Gasteiger partial charge in [0.05, 0.1) is 13.3 Å². The van der Waals surface area contributed by atoms with Gasteiger partial charge in [0.25, 0.3) is 5.91 Å². The number of hydrogen-bond acceptors (Lipinski definition) is 4. The average Bonchev–Trinajstić information content (AvgIpc) is 2.86. The molecule has 78 valence electrons. The minimum absolute atomic E-state index is 0.203. The molecule has 0 saturated heterocycles. The van der Waals surface area contributed by atoms with Crippen molar-refractivity contribution in [2.24, 2.45) is 0 Å². The molecule has 2 heterocycles. The lowest BCUT2D eigenvalue weighted by Crippen LogP contribution is -2.11. The molecule has 0 bridgehead atoms. The summed E-state index contributed by atoms with van der Waals surface area (Å²) in [6, 6.07) is 3.44. The van der Waals surface area contributed by atoms with Crippen LogP contribution in [0.25, 0.3) is 0 Å². The van der Waals surface area contributed by atoms with Crippen LogP contribution in [-0.4, -0.2) is 23.2 Å². The van der Waals surface area contributed by atoms with Crippen molar-refractivity contribution in [3.05, 3.63) is 28.6 Å². The van der Waals surface area contributed by atoms with E-state index in [1.165, 1.54) is 18.4 Å². The Balaban J connectivity index is 2.15. The van der Waals surface area contributed by atoms with E-state index < -0.39 is 0 Å². The first kappa shape index (κ1) is 9.72. The SMILES string of the molecule is COc1ccsc1C(=O)Nc1ccn[nH]1. The van der Waals surface area contributed by atoms with E-state index in [-0.39, 0.29) is 5.91 Å². The molecule has 0 saturated carbocycles. The first-order chi connectivity index (χ1) is 7.31. The summed E-state index contributed by atoms with van der Waals surface area (Å²) in [5.41, 5.74) is 0. The highest BCUT2D eigenvalue weighted by Crippen LogP contribution is 2.24. The zero-order valence-corrected chi connectivity index (χ0v) is 8.80. The van der Waals surface area contributed by atoms with Crippen molar-refractivity contribution in [3.63, 3.8) is 0 Å². The van der Waals surface area contributed by atoms with Gasteiger partial charge in [-0.05, 0) is 11.4 Å². The van der Waals surface area contributed by atoms with E-state index in [4.69, 9.17) is 4.74 Å². The number of thiophene rings is 1. The molecular weight excluding hydrogens is 214 g/mol. The normalized spacial score (nSPS) is 9.93. The monoisotopic (exact) mass is 223 g/mol. The highest BCUT2D eigenvalue weighted by Gasteiger charge is 2.13. The van der Waals surface area contributed by atoms with Crippen molar-refractivity contribution in [2.75, 3.05) is 12.4 Å². The van der Waals surface area contributed by atoms with E-state index >= 15 is 0 Å². The Morgan fingerprint density at radius 3 is 3.13 bits per heavy atom. The van der Waals surface area contributed by atoms with Gasteiger partial charge in [0.15, 0.2) is 0 Å². The molecule has 0 aromatic carbocycles. The van der Waals surface area contributed by atoms with Crippen LogP contribution in [-0.2, 0) is 0 Å². The molecule has 0 radical (unpaired) electrons. The summed E-state index contributed by atoms with van der Waals surface area (Å²) in [5.74, 6) is 0.943. The third-order valence-corrected chi connectivity index (χ3v) is 2.70. The summed E-state index contributed by atoms with van der Waals surface area (Å²) in [5, 5.41) is 10.9. The molecule has 2 aromatic rings. The van der Waals surface area contributed by atoms with E-state index in [2.05, 4.69) is 15.5 Å². The van der Waals surface area contributed by atoms with Crippen LogP contribution in [0.1, 0.15) is 9.67 Å². The number of methoxy groups -OCH3 is 1. The quantitative estimate of drug-likeness (QED) is 0.832. The minimum atomic E-state index is -0.203. The third kappa shape index (κ3) is 1.99. The lowest BCUT2D eigenvalue weighted by Gasteiger charge is -2.02. The Morgan fingerprint density at radius 1 is 1.60 bits per heavy atom. The second-order valence-corrected chi connectivity index (χ2v) is 3.66. The topological polar surface area (TPSA) is 67.0 Å². The van der Waals surface area contributed by atoms with Gasteiger partial charge in [0.1, 0.15) is 16.4 Å². The highest BCUT2D eigenvalue weighted by molar-refractivity contribution is 7.12. The Labute approximate surface area is 90.1 Å². The smallest absolute Gasteiger partial charge is 0.270 e. The van der Waals surface area contributed by atoms with Crippen LogP contribution in [0.3, 0.4) is 0 Å². The maximum Gasteiger partial charge on any atom is 0.270 e. The van der Waals surface area contributed by atoms with Crippen LogP contribution >= 0.6 is 11.3 Å². The number of aromatic amines is 1. The molecule has 0 atom stereocenters. The van der Waals surface area contributed by atoms with Gasteiger partial charge in [-0.2, -0.15) is 5.10 Å². The molecule has 1 amide bonds. The molecule has 0 aliphatic rings. The lowest BCUT2D eigenvalue weighted by atomic mass is 10.4. The Hall–Kier alpha value is -1.82. The summed E-state index contributed by atoms with van der Waals surface area (Å²) in [7, 11) is 1.54. The van der Waals surface area contributed by atoms with Gasteiger partial charge >= 0.3 is 0 Å². The maximum absolute atomic E-state index is 11.7. The molecule has 0 spiro atoms. The number of carbonyl (C=O) groups excluding carboxylic acids is 1. The number of carbonyl (C=O) groups is 1. The van der Waals surface area contributed by atoms with Crippen molar-refractivity contribution in [2.45, 2.75) is 0 Å².